The van der Waals surface area contributed by atoms with Crippen LogP contribution in [-0.4, -0.2) is 18.4 Å². The van der Waals surface area contributed by atoms with Gasteiger partial charge in [0.1, 0.15) is 6.10 Å². The molecule has 1 rings (SSSR count). The second kappa shape index (κ2) is 3.72. The zero-order chi connectivity index (χ0) is 8.27. The zero-order valence-electron chi connectivity index (χ0n) is 7.21. The first-order valence-corrected chi connectivity index (χ1v) is 4.14. The summed E-state index contributed by atoms with van der Waals surface area (Å²) < 4.78 is 0. The second-order valence-corrected chi connectivity index (χ2v) is 3.42. The molecule has 0 aromatic heterocycles. The van der Waals surface area contributed by atoms with E-state index in [-0.39, 0.29) is 6.10 Å². The summed E-state index contributed by atoms with van der Waals surface area (Å²) in [4.78, 5) is 5.18. The van der Waals surface area contributed by atoms with E-state index in [9.17, 15) is 0 Å². The lowest BCUT2D eigenvalue weighted by molar-refractivity contribution is 0.0698. The normalized spacial score (nSPS) is 23.6. The predicted octanol–water partition coefficient (Wildman–Crippen LogP) is 1.14. The molecule has 2 N–H and O–H groups in total. The van der Waals surface area contributed by atoms with Gasteiger partial charge in [0.25, 0.3) is 0 Å². The van der Waals surface area contributed by atoms with Crippen LogP contribution in [0.3, 0.4) is 0 Å². The molecule has 1 heterocycles. The molecule has 1 unspecified atom stereocenters. The van der Waals surface area contributed by atoms with Crippen LogP contribution in [0, 0.1) is 5.92 Å². The number of nitrogens with zero attached hydrogens (tertiary/aromatic N) is 1. The number of hydrogen-bond donors (Lipinski definition) is 1. The van der Waals surface area contributed by atoms with Crippen LogP contribution < -0.4 is 5.73 Å². The Morgan fingerprint density at radius 1 is 1.73 bits per heavy atom. The third-order valence-corrected chi connectivity index (χ3v) is 1.76. The molecule has 1 aliphatic rings. The van der Waals surface area contributed by atoms with Crippen molar-refractivity contribution < 1.29 is 4.84 Å². The van der Waals surface area contributed by atoms with Crippen LogP contribution in [-0.2, 0) is 4.84 Å². The fraction of sp³-hybridized carbons (Fsp3) is 0.875. The Bertz CT molecular complexity index is 154. The van der Waals surface area contributed by atoms with Gasteiger partial charge in [0.05, 0.1) is 5.71 Å². The van der Waals surface area contributed by atoms with E-state index in [0.717, 1.165) is 18.6 Å². The molecule has 1 atom stereocenters. The Kier molecular flexibility index (Phi) is 2.88. The predicted molar refractivity (Wildman–Crippen MR) is 45.4 cm³/mol. The average molecular weight is 156 g/mol. The molecule has 0 spiro atoms. The van der Waals surface area contributed by atoms with Crippen LogP contribution in [0.4, 0.5) is 0 Å². The van der Waals surface area contributed by atoms with E-state index in [0.29, 0.717) is 12.5 Å². The second-order valence-electron chi connectivity index (χ2n) is 3.42. The molecule has 3 nitrogen and oxygen atoms in total. The first-order chi connectivity index (χ1) is 5.22. The Morgan fingerprint density at radius 2 is 2.45 bits per heavy atom. The van der Waals surface area contributed by atoms with Crippen LogP contribution in [0.15, 0.2) is 5.16 Å². The van der Waals surface area contributed by atoms with Gasteiger partial charge in [-0.3, -0.25) is 0 Å². The molecule has 0 saturated carbocycles. The third-order valence-electron chi connectivity index (χ3n) is 1.76. The van der Waals surface area contributed by atoms with Gasteiger partial charge in [-0.2, -0.15) is 0 Å². The Labute approximate surface area is 67.6 Å². The molecular formula is C8H16N2O. The molecular weight excluding hydrogens is 140 g/mol. The van der Waals surface area contributed by atoms with Crippen molar-refractivity contribution in [3.05, 3.63) is 0 Å². The fourth-order valence-corrected chi connectivity index (χ4v) is 1.26. The molecule has 0 saturated heterocycles. The van der Waals surface area contributed by atoms with Gasteiger partial charge < -0.3 is 10.6 Å². The van der Waals surface area contributed by atoms with Crippen molar-refractivity contribution in [3.63, 3.8) is 0 Å². The molecule has 0 aromatic rings. The van der Waals surface area contributed by atoms with E-state index in [1.54, 1.807) is 0 Å². The van der Waals surface area contributed by atoms with Gasteiger partial charge in [-0.1, -0.05) is 19.0 Å². The lowest BCUT2D eigenvalue weighted by Gasteiger charge is -2.09. The van der Waals surface area contributed by atoms with Crippen molar-refractivity contribution in [2.75, 3.05) is 6.54 Å². The summed E-state index contributed by atoms with van der Waals surface area (Å²) in [5.41, 5.74) is 6.41. The number of rotatable bonds is 3. The van der Waals surface area contributed by atoms with Crippen LogP contribution in [0.5, 0.6) is 0 Å². The first-order valence-electron chi connectivity index (χ1n) is 4.14. The monoisotopic (exact) mass is 156 g/mol. The third kappa shape index (κ3) is 2.50. The first kappa shape index (κ1) is 8.53. The van der Waals surface area contributed by atoms with Crippen molar-refractivity contribution in [2.24, 2.45) is 16.8 Å². The maximum atomic E-state index is 5.42. The van der Waals surface area contributed by atoms with Crippen LogP contribution in [0.2, 0.25) is 0 Å². The summed E-state index contributed by atoms with van der Waals surface area (Å²) in [6.45, 7) is 4.90. The Balaban J connectivity index is 2.24. The van der Waals surface area contributed by atoms with Gasteiger partial charge in [0.2, 0.25) is 0 Å². The van der Waals surface area contributed by atoms with E-state index >= 15 is 0 Å². The number of nitrogens with two attached hydrogens (primary N) is 1. The highest BCUT2D eigenvalue weighted by molar-refractivity contribution is 5.87. The smallest absolute Gasteiger partial charge is 0.133 e. The summed E-state index contributed by atoms with van der Waals surface area (Å²) in [5, 5.41) is 3.88. The summed E-state index contributed by atoms with van der Waals surface area (Å²) in [6, 6.07) is 0. The lowest BCUT2D eigenvalue weighted by atomic mass is 10.0. The molecule has 0 aliphatic carbocycles. The molecule has 0 radical (unpaired) electrons. The maximum absolute atomic E-state index is 5.42. The van der Waals surface area contributed by atoms with E-state index in [1.165, 1.54) is 0 Å². The zero-order valence-corrected chi connectivity index (χ0v) is 7.21. The highest BCUT2D eigenvalue weighted by Crippen LogP contribution is 2.17. The number of oxime groups is 1. The lowest BCUT2D eigenvalue weighted by Crippen LogP contribution is -2.16. The van der Waals surface area contributed by atoms with Crippen LogP contribution >= 0.6 is 0 Å². The summed E-state index contributed by atoms with van der Waals surface area (Å²) in [6.07, 6.45) is 2.29. The van der Waals surface area contributed by atoms with Gasteiger partial charge in [-0.15, -0.1) is 0 Å². The average Bonchev–Trinajstić information content (AvgIpc) is 2.34. The topological polar surface area (TPSA) is 47.6 Å². The van der Waals surface area contributed by atoms with Crippen molar-refractivity contribution >= 4 is 5.71 Å². The van der Waals surface area contributed by atoms with E-state index in [2.05, 4.69) is 19.0 Å². The maximum Gasteiger partial charge on any atom is 0.133 e. The van der Waals surface area contributed by atoms with Crippen molar-refractivity contribution in [1.82, 2.24) is 0 Å². The van der Waals surface area contributed by atoms with Gasteiger partial charge in [0, 0.05) is 13.0 Å². The van der Waals surface area contributed by atoms with E-state index in [1.807, 2.05) is 0 Å². The molecule has 0 fully saturated rings. The SMILES string of the molecule is CC(C)CC1CC(CN)=NO1. The molecule has 0 amide bonds. The standard InChI is InChI=1S/C8H16N2O/c1-6(2)3-8-4-7(5-9)10-11-8/h6,8H,3-5,9H2,1-2H3. The van der Waals surface area contributed by atoms with E-state index < -0.39 is 0 Å². The quantitative estimate of drug-likeness (QED) is 0.666. The van der Waals surface area contributed by atoms with Gasteiger partial charge in [0.15, 0.2) is 0 Å². The molecule has 64 valence electrons. The van der Waals surface area contributed by atoms with Crippen LogP contribution in [0.1, 0.15) is 26.7 Å². The fourth-order valence-electron chi connectivity index (χ4n) is 1.26. The van der Waals surface area contributed by atoms with Gasteiger partial charge in [-0.05, 0) is 12.3 Å². The van der Waals surface area contributed by atoms with Crippen molar-refractivity contribution in [1.29, 1.82) is 0 Å². The summed E-state index contributed by atoms with van der Waals surface area (Å²) >= 11 is 0. The van der Waals surface area contributed by atoms with Crippen molar-refractivity contribution in [2.45, 2.75) is 32.8 Å². The highest BCUT2D eigenvalue weighted by atomic mass is 16.6. The molecule has 0 aromatic carbocycles. The summed E-state index contributed by atoms with van der Waals surface area (Å²) in [5.74, 6) is 0.673. The minimum atomic E-state index is 0.286. The van der Waals surface area contributed by atoms with Crippen LogP contribution in [0.25, 0.3) is 0 Å². The van der Waals surface area contributed by atoms with E-state index in [4.69, 9.17) is 10.6 Å². The minimum Gasteiger partial charge on any atom is -0.392 e. The Hall–Kier alpha value is -0.570. The molecule has 1 aliphatic heterocycles. The summed E-state index contributed by atoms with van der Waals surface area (Å²) in [7, 11) is 0. The molecule has 3 heteroatoms. The van der Waals surface area contributed by atoms with Gasteiger partial charge >= 0.3 is 0 Å². The van der Waals surface area contributed by atoms with Crippen molar-refractivity contribution in [3.8, 4) is 0 Å². The largest absolute Gasteiger partial charge is 0.392 e. The molecule has 11 heavy (non-hydrogen) atoms. The van der Waals surface area contributed by atoms with Gasteiger partial charge in [-0.25, -0.2) is 0 Å². The minimum absolute atomic E-state index is 0.286. The number of hydrogen-bond acceptors (Lipinski definition) is 3. The molecule has 0 bridgehead atoms. The Morgan fingerprint density at radius 3 is 2.91 bits per heavy atom. The highest BCUT2D eigenvalue weighted by Gasteiger charge is 2.20.